The lowest BCUT2D eigenvalue weighted by Crippen LogP contribution is -2.58. The predicted molar refractivity (Wildman–Crippen MR) is 113 cm³/mol. The molecule has 0 atom stereocenters. The van der Waals surface area contributed by atoms with Crippen LogP contribution in [0, 0.1) is 5.92 Å². The summed E-state index contributed by atoms with van der Waals surface area (Å²) in [5.41, 5.74) is 0.640. The SMILES string of the molecule is COCCC1(NC(=O)C2CCOCC2)CCN(C(=O)Cc2cccc(OC)c2)CC1. The molecule has 30 heavy (non-hydrogen) atoms. The number of ether oxygens (including phenoxy) is 3. The Morgan fingerprint density at radius 2 is 1.93 bits per heavy atom. The first-order valence-electron chi connectivity index (χ1n) is 10.8. The molecule has 2 aliphatic heterocycles. The Kier molecular flexibility index (Phi) is 8.10. The monoisotopic (exact) mass is 418 g/mol. The minimum Gasteiger partial charge on any atom is -0.497 e. The molecule has 2 fully saturated rings. The van der Waals surface area contributed by atoms with Gasteiger partial charge in [-0.25, -0.2) is 0 Å². The van der Waals surface area contributed by atoms with E-state index in [9.17, 15) is 9.59 Å². The van der Waals surface area contributed by atoms with Crippen LogP contribution in [0.25, 0.3) is 0 Å². The fraction of sp³-hybridized carbons (Fsp3) is 0.652. The molecule has 7 heteroatoms. The third kappa shape index (κ3) is 5.95. The van der Waals surface area contributed by atoms with Crippen LogP contribution < -0.4 is 10.1 Å². The van der Waals surface area contributed by atoms with E-state index in [2.05, 4.69) is 5.32 Å². The van der Waals surface area contributed by atoms with Crippen molar-refractivity contribution in [2.45, 2.75) is 44.1 Å². The molecule has 0 aliphatic carbocycles. The number of likely N-dealkylation sites (tertiary alicyclic amines) is 1. The molecule has 2 aliphatic rings. The minimum absolute atomic E-state index is 0.0193. The number of carbonyl (C=O) groups is 2. The number of methoxy groups -OCH3 is 2. The molecule has 166 valence electrons. The Morgan fingerprint density at radius 3 is 2.60 bits per heavy atom. The van der Waals surface area contributed by atoms with Crippen molar-refractivity contribution in [3.05, 3.63) is 29.8 Å². The van der Waals surface area contributed by atoms with E-state index in [1.54, 1.807) is 14.2 Å². The minimum atomic E-state index is -0.307. The summed E-state index contributed by atoms with van der Waals surface area (Å²) >= 11 is 0. The lowest BCUT2D eigenvalue weighted by molar-refractivity contribution is -0.134. The highest BCUT2D eigenvalue weighted by Gasteiger charge is 2.38. The number of hydrogen-bond donors (Lipinski definition) is 1. The molecule has 2 heterocycles. The van der Waals surface area contributed by atoms with Gasteiger partial charge >= 0.3 is 0 Å². The van der Waals surface area contributed by atoms with E-state index >= 15 is 0 Å². The molecule has 2 saturated heterocycles. The van der Waals surface area contributed by atoms with Crippen LogP contribution in [0.5, 0.6) is 5.75 Å². The molecular weight excluding hydrogens is 384 g/mol. The van der Waals surface area contributed by atoms with Gasteiger partial charge in [0.05, 0.1) is 13.5 Å². The van der Waals surface area contributed by atoms with Crippen LogP contribution >= 0.6 is 0 Å². The van der Waals surface area contributed by atoms with E-state index in [1.807, 2.05) is 29.2 Å². The maximum absolute atomic E-state index is 12.9. The summed E-state index contributed by atoms with van der Waals surface area (Å²) in [6.07, 6.45) is 4.16. The van der Waals surface area contributed by atoms with Gasteiger partial charge in [-0.15, -0.1) is 0 Å². The van der Waals surface area contributed by atoms with E-state index in [4.69, 9.17) is 14.2 Å². The van der Waals surface area contributed by atoms with Gasteiger partial charge < -0.3 is 24.4 Å². The highest BCUT2D eigenvalue weighted by Crippen LogP contribution is 2.28. The molecule has 0 aromatic heterocycles. The van der Waals surface area contributed by atoms with E-state index in [1.165, 1.54) is 0 Å². The Balaban J connectivity index is 1.58. The molecule has 0 radical (unpaired) electrons. The summed E-state index contributed by atoms with van der Waals surface area (Å²) in [4.78, 5) is 27.6. The quantitative estimate of drug-likeness (QED) is 0.700. The van der Waals surface area contributed by atoms with Crippen molar-refractivity contribution in [2.75, 3.05) is 47.1 Å². The van der Waals surface area contributed by atoms with Gasteiger partial charge in [-0.2, -0.15) is 0 Å². The van der Waals surface area contributed by atoms with Gasteiger partial charge in [0, 0.05) is 51.5 Å². The highest BCUT2D eigenvalue weighted by molar-refractivity contribution is 5.80. The first-order valence-corrected chi connectivity index (χ1v) is 10.8. The van der Waals surface area contributed by atoms with Crippen LogP contribution in [0.3, 0.4) is 0 Å². The van der Waals surface area contributed by atoms with Gasteiger partial charge in [-0.05, 0) is 49.8 Å². The predicted octanol–water partition coefficient (Wildman–Crippen LogP) is 2.18. The number of piperidine rings is 1. The second-order valence-corrected chi connectivity index (χ2v) is 8.31. The van der Waals surface area contributed by atoms with Crippen molar-refractivity contribution in [3.8, 4) is 5.75 Å². The first-order chi connectivity index (χ1) is 14.5. The fourth-order valence-electron chi connectivity index (χ4n) is 4.31. The normalized spacial score (nSPS) is 19.3. The van der Waals surface area contributed by atoms with Crippen LogP contribution in [0.1, 0.15) is 37.7 Å². The lowest BCUT2D eigenvalue weighted by atomic mass is 9.83. The number of benzene rings is 1. The number of amides is 2. The second kappa shape index (κ2) is 10.8. The molecular formula is C23H34N2O5. The van der Waals surface area contributed by atoms with Gasteiger partial charge in [0.15, 0.2) is 0 Å². The number of carbonyl (C=O) groups excluding carboxylic acids is 2. The summed E-state index contributed by atoms with van der Waals surface area (Å²) in [6, 6.07) is 7.62. The maximum Gasteiger partial charge on any atom is 0.226 e. The number of hydrogen-bond acceptors (Lipinski definition) is 5. The average molecular weight is 419 g/mol. The van der Waals surface area contributed by atoms with E-state index in [0.29, 0.717) is 39.3 Å². The van der Waals surface area contributed by atoms with Gasteiger partial charge in [0.1, 0.15) is 5.75 Å². The summed E-state index contributed by atoms with van der Waals surface area (Å²) in [6.45, 7) is 3.17. The molecule has 0 spiro atoms. The standard InChI is InChI=1S/C23H34N2O5/c1-28-15-10-23(24-22(27)19-6-13-30-14-7-19)8-11-25(12-9-23)21(26)17-18-4-3-5-20(16-18)29-2/h3-5,16,19H,6-15,17H2,1-2H3,(H,24,27). The molecule has 7 nitrogen and oxygen atoms in total. The van der Waals surface area contributed by atoms with Crippen molar-refractivity contribution in [2.24, 2.45) is 5.92 Å². The van der Waals surface area contributed by atoms with E-state index in [0.717, 1.165) is 43.4 Å². The average Bonchev–Trinajstić information content (AvgIpc) is 2.79. The zero-order valence-electron chi connectivity index (χ0n) is 18.2. The Bertz CT molecular complexity index is 709. The maximum atomic E-state index is 12.9. The summed E-state index contributed by atoms with van der Waals surface area (Å²) in [5.74, 6) is 1.00. The molecule has 2 amide bonds. The second-order valence-electron chi connectivity index (χ2n) is 8.31. The summed E-state index contributed by atoms with van der Waals surface area (Å²) in [7, 11) is 3.31. The molecule has 3 rings (SSSR count). The smallest absolute Gasteiger partial charge is 0.226 e. The van der Waals surface area contributed by atoms with Crippen LogP contribution in [-0.4, -0.2) is 69.4 Å². The highest BCUT2D eigenvalue weighted by atomic mass is 16.5. The van der Waals surface area contributed by atoms with Gasteiger partial charge in [-0.1, -0.05) is 12.1 Å². The molecule has 0 unspecified atom stereocenters. The van der Waals surface area contributed by atoms with Crippen LogP contribution in [0.15, 0.2) is 24.3 Å². The third-order valence-corrected chi connectivity index (χ3v) is 6.33. The fourth-order valence-corrected chi connectivity index (χ4v) is 4.31. The Morgan fingerprint density at radius 1 is 1.20 bits per heavy atom. The van der Waals surface area contributed by atoms with Crippen molar-refractivity contribution in [1.82, 2.24) is 10.2 Å². The van der Waals surface area contributed by atoms with Crippen molar-refractivity contribution in [3.63, 3.8) is 0 Å². The van der Waals surface area contributed by atoms with Crippen molar-refractivity contribution >= 4 is 11.8 Å². The van der Waals surface area contributed by atoms with E-state index in [-0.39, 0.29) is 23.3 Å². The number of nitrogens with one attached hydrogen (secondary N) is 1. The van der Waals surface area contributed by atoms with Gasteiger partial charge in [-0.3, -0.25) is 9.59 Å². The number of rotatable bonds is 8. The van der Waals surface area contributed by atoms with Crippen LogP contribution in [-0.2, 0) is 25.5 Å². The molecule has 0 bridgehead atoms. The summed E-state index contributed by atoms with van der Waals surface area (Å²) < 4.78 is 15.9. The van der Waals surface area contributed by atoms with Crippen molar-refractivity contribution < 1.29 is 23.8 Å². The lowest BCUT2D eigenvalue weighted by Gasteiger charge is -2.43. The van der Waals surface area contributed by atoms with Crippen molar-refractivity contribution in [1.29, 1.82) is 0 Å². The van der Waals surface area contributed by atoms with Crippen LogP contribution in [0.2, 0.25) is 0 Å². The largest absolute Gasteiger partial charge is 0.497 e. The molecule has 1 N–H and O–H groups in total. The third-order valence-electron chi connectivity index (χ3n) is 6.33. The van der Waals surface area contributed by atoms with E-state index < -0.39 is 0 Å². The summed E-state index contributed by atoms with van der Waals surface area (Å²) in [5, 5.41) is 3.33. The number of nitrogens with zero attached hydrogens (tertiary/aromatic N) is 1. The molecule has 1 aromatic rings. The van der Waals surface area contributed by atoms with Gasteiger partial charge in [0.25, 0.3) is 0 Å². The molecule has 0 saturated carbocycles. The Labute approximate surface area is 179 Å². The zero-order valence-corrected chi connectivity index (χ0v) is 18.2. The topological polar surface area (TPSA) is 77.1 Å². The van der Waals surface area contributed by atoms with Gasteiger partial charge in [0.2, 0.25) is 11.8 Å². The molecule has 1 aromatic carbocycles. The Hall–Kier alpha value is -2.12. The first kappa shape index (κ1) is 22.6. The zero-order chi connectivity index (χ0) is 21.4. The van der Waals surface area contributed by atoms with Crippen LogP contribution in [0.4, 0.5) is 0 Å².